The lowest BCUT2D eigenvalue weighted by Gasteiger charge is -2.26. The number of nitrogens with one attached hydrogen (secondary N) is 3. The van der Waals surface area contributed by atoms with Crippen LogP contribution in [0.1, 0.15) is 12.8 Å². The van der Waals surface area contributed by atoms with Crippen LogP contribution in [0.3, 0.4) is 0 Å². The molecule has 7 N–H and O–H groups in total. The molecule has 2 saturated heterocycles. The molecule has 1 aromatic carbocycles. The molecule has 2 amide bonds. The van der Waals surface area contributed by atoms with Gasteiger partial charge in [0.2, 0.25) is 21.8 Å². The number of piperazine rings is 2. The van der Waals surface area contributed by atoms with Crippen molar-refractivity contribution in [2.75, 3.05) is 70.8 Å². The number of primary sulfonamides is 1. The molecule has 2 heterocycles. The number of hydrogen-bond acceptors (Lipinski definition) is 10. The smallest absolute Gasteiger partial charge is 0.293 e. The van der Waals surface area contributed by atoms with Crippen LogP contribution in [0.15, 0.2) is 23.1 Å². The second kappa shape index (κ2) is 13.9. The lowest BCUT2D eigenvalue weighted by molar-refractivity contribution is -0.384. The van der Waals surface area contributed by atoms with Crippen molar-refractivity contribution < 1.29 is 22.9 Å². The van der Waals surface area contributed by atoms with E-state index in [1.54, 1.807) is 0 Å². The number of nitro benzene ring substituents is 1. The Hall–Kier alpha value is -2.85. The van der Waals surface area contributed by atoms with Gasteiger partial charge in [0.05, 0.1) is 22.9 Å². The summed E-state index contributed by atoms with van der Waals surface area (Å²) in [4.78, 5) is 36.4. The van der Waals surface area contributed by atoms with Crippen LogP contribution < -0.4 is 26.8 Å². The van der Waals surface area contributed by atoms with E-state index in [1.807, 2.05) is 4.90 Å². The van der Waals surface area contributed by atoms with E-state index in [9.17, 15) is 28.1 Å². The van der Waals surface area contributed by atoms with Gasteiger partial charge in [0.25, 0.3) is 5.69 Å². The maximum absolute atomic E-state index is 11.3. The Kier molecular flexibility index (Phi) is 11.3. The summed E-state index contributed by atoms with van der Waals surface area (Å²) in [5.74, 6) is 0.122. The minimum Gasteiger partial charge on any atom is -0.379 e. The molecule has 2 aliphatic rings. The number of sulfonamides is 1. The Bertz CT molecular complexity index is 990. The molecule has 0 atom stereocenters. The van der Waals surface area contributed by atoms with Crippen LogP contribution in [-0.4, -0.2) is 100 Å². The van der Waals surface area contributed by atoms with Crippen LogP contribution in [0.25, 0.3) is 0 Å². The van der Waals surface area contributed by atoms with Crippen molar-refractivity contribution in [3.8, 4) is 0 Å². The third-order valence-electron chi connectivity index (χ3n) is 5.37. The highest BCUT2D eigenvalue weighted by Gasteiger charge is 2.19. The van der Waals surface area contributed by atoms with Crippen molar-refractivity contribution >= 4 is 33.2 Å². The van der Waals surface area contributed by atoms with Crippen molar-refractivity contribution in [2.45, 2.75) is 17.7 Å². The molecule has 0 spiro atoms. The molecule has 0 aromatic heterocycles. The standard InChI is InChI=1S/C13H19N5O5S.C7H15N3O/c14-24(22,23)10-2-3-11(12(8-10)18(20)21)15-4-1-6-17-7-5-16-13(19)9-17;8-2-1-4-10-5-3-9-7(11)6-10/h2-3,8,15H,1,4-7,9H2,(H,16,19)(H2,14,22,23);1-6,8H2,(H,9,11). The number of nitrogens with zero attached hydrogens (tertiary/aromatic N) is 3. The summed E-state index contributed by atoms with van der Waals surface area (Å²) < 4.78 is 22.6. The number of carbonyl (C=O) groups is 2. The average Bonchev–Trinajstić information content (AvgIpc) is 2.80. The number of anilines is 1. The highest BCUT2D eigenvalue weighted by molar-refractivity contribution is 7.89. The van der Waals surface area contributed by atoms with Crippen LogP contribution in [0, 0.1) is 10.1 Å². The van der Waals surface area contributed by atoms with Gasteiger partial charge < -0.3 is 21.7 Å². The number of carbonyl (C=O) groups excluding carboxylic acids is 2. The van der Waals surface area contributed by atoms with Crippen molar-refractivity contribution in [3.63, 3.8) is 0 Å². The first kappa shape index (κ1) is 28.4. The summed E-state index contributed by atoms with van der Waals surface area (Å²) in [6.45, 7) is 6.82. The van der Waals surface area contributed by atoms with Gasteiger partial charge in [-0.3, -0.25) is 29.5 Å². The monoisotopic (exact) mass is 514 g/mol. The van der Waals surface area contributed by atoms with Gasteiger partial charge in [-0.1, -0.05) is 0 Å². The molecule has 35 heavy (non-hydrogen) atoms. The third-order valence-corrected chi connectivity index (χ3v) is 6.29. The van der Waals surface area contributed by atoms with Crippen LogP contribution >= 0.6 is 0 Å². The fourth-order valence-electron chi connectivity index (χ4n) is 3.59. The van der Waals surface area contributed by atoms with E-state index < -0.39 is 14.9 Å². The maximum Gasteiger partial charge on any atom is 0.293 e. The molecular weight excluding hydrogens is 480 g/mol. The highest BCUT2D eigenvalue weighted by Crippen LogP contribution is 2.27. The zero-order valence-electron chi connectivity index (χ0n) is 19.6. The van der Waals surface area contributed by atoms with E-state index in [0.717, 1.165) is 38.7 Å². The van der Waals surface area contributed by atoms with Crippen molar-refractivity contribution in [2.24, 2.45) is 10.9 Å². The number of amides is 2. The molecule has 1 aromatic rings. The van der Waals surface area contributed by atoms with Crippen LogP contribution in [0.5, 0.6) is 0 Å². The Balaban J connectivity index is 0.000000328. The predicted molar refractivity (Wildman–Crippen MR) is 130 cm³/mol. The third kappa shape index (κ3) is 10.1. The first-order valence-electron chi connectivity index (χ1n) is 11.3. The summed E-state index contributed by atoms with van der Waals surface area (Å²) in [5, 5.41) is 24.5. The summed E-state index contributed by atoms with van der Waals surface area (Å²) >= 11 is 0. The number of benzene rings is 1. The van der Waals surface area contributed by atoms with Gasteiger partial charge >= 0.3 is 0 Å². The number of nitrogens with two attached hydrogens (primary N) is 2. The summed E-state index contributed by atoms with van der Waals surface area (Å²) in [6, 6.07) is 3.48. The lowest BCUT2D eigenvalue weighted by atomic mass is 10.2. The van der Waals surface area contributed by atoms with E-state index in [1.165, 1.54) is 12.1 Å². The van der Waals surface area contributed by atoms with Gasteiger partial charge in [0.1, 0.15) is 5.69 Å². The van der Waals surface area contributed by atoms with Gasteiger partial charge in [0.15, 0.2) is 0 Å². The fraction of sp³-hybridized carbons (Fsp3) is 0.600. The molecule has 0 radical (unpaired) electrons. The molecule has 0 aliphatic carbocycles. The Morgan fingerprint density at radius 3 is 2.09 bits per heavy atom. The highest BCUT2D eigenvalue weighted by atomic mass is 32.2. The molecule has 0 unspecified atom stereocenters. The van der Waals surface area contributed by atoms with Gasteiger partial charge in [-0.15, -0.1) is 0 Å². The van der Waals surface area contributed by atoms with Gasteiger partial charge in [-0.05, 0) is 38.1 Å². The van der Waals surface area contributed by atoms with E-state index >= 15 is 0 Å². The van der Waals surface area contributed by atoms with Crippen LogP contribution in [-0.2, 0) is 19.6 Å². The number of hydrogen-bond donors (Lipinski definition) is 5. The molecule has 2 aliphatic heterocycles. The molecule has 0 saturated carbocycles. The molecule has 196 valence electrons. The number of rotatable bonds is 10. The zero-order valence-corrected chi connectivity index (χ0v) is 20.4. The fourth-order valence-corrected chi connectivity index (χ4v) is 4.13. The normalized spacial score (nSPS) is 17.1. The molecule has 15 heteroatoms. The second-order valence-corrected chi connectivity index (χ2v) is 9.72. The lowest BCUT2D eigenvalue weighted by Crippen LogP contribution is -2.48. The van der Waals surface area contributed by atoms with E-state index in [4.69, 9.17) is 10.9 Å². The van der Waals surface area contributed by atoms with E-state index in [2.05, 4.69) is 20.9 Å². The van der Waals surface area contributed by atoms with E-state index in [-0.39, 0.29) is 28.1 Å². The van der Waals surface area contributed by atoms with Crippen molar-refractivity contribution in [3.05, 3.63) is 28.3 Å². The molecule has 14 nitrogen and oxygen atoms in total. The summed E-state index contributed by atoms with van der Waals surface area (Å²) in [5.41, 5.74) is 5.23. The minimum atomic E-state index is -4.00. The van der Waals surface area contributed by atoms with Crippen molar-refractivity contribution in [1.29, 1.82) is 0 Å². The van der Waals surface area contributed by atoms with Gasteiger partial charge in [-0.2, -0.15) is 0 Å². The van der Waals surface area contributed by atoms with E-state index in [0.29, 0.717) is 45.7 Å². The first-order chi connectivity index (χ1) is 16.6. The maximum atomic E-state index is 11.3. The molecular formula is C20H34N8O6S. The average molecular weight is 515 g/mol. The largest absolute Gasteiger partial charge is 0.379 e. The SMILES string of the molecule is NCCCN1CCNC(=O)C1.NS(=O)(=O)c1ccc(NCCCN2CCNC(=O)C2)c([N+](=O)[O-])c1. The topological polar surface area (TPSA) is 206 Å². The molecule has 0 bridgehead atoms. The summed E-state index contributed by atoms with van der Waals surface area (Å²) in [6.07, 6.45) is 1.66. The zero-order chi connectivity index (χ0) is 25.8. The summed E-state index contributed by atoms with van der Waals surface area (Å²) in [7, 11) is -4.00. The van der Waals surface area contributed by atoms with Gasteiger partial charge in [-0.25, -0.2) is 13.6 Å². The van der Waals surface area contributed by atoms with Gasteiger partial charge in [0, 0.05) is 45.3 Å². The number of nitro groups is 1. The molecule has 3 rings (SSSR count). The Morgan fingerprint density at radius 2 is 1.60 bits per heavy atom. The Labute approximate surface area is 204 Å². The second-order valence-electron chi connectivity index (χ2n) is 8.16. The molecule has 2 fully saturated rings. The first-order valence-corrected chi connectivity index (χ1v) is 12.9. The quantitative estimate of drug-likeness (QED) is 0.135. The Morgan fingerprint density at radius 1 is 1.03 bits per heavy atom. The van der Waals surface area contributed by atoms with Crippen LogP contribution in [0.2, 0.25) is 0 Å². The predicted octanol–water partition coefficient (Wildman–Crippen LogP) is -1.76. The minimum absolute atomic E-state index is 0.0107. The van der Waals surface area contributed by atoms with Crippen LogP contribution in [0.4, 0.5) is 11.4 Å². The van der Waals surface area contributed by atoms with Crippen molar-refractivity contribution in [1.82, 2.24) is 20.4 Å².